The van der Waals surface area contributed by atoms with Crippen LogP contribution in [0.25, 0.3) is 54.8 Å². The van der Waals surface area contributed by atoms with Gasteiger partial charge in [-0.3, -0.25) is 19.0 Å². The smallest absolute Gasteiger partial charge is 0.246 e. The lowest BCUT2D eigenvalue weighted by molar-refractivity contribution is -0.132. The van der Waals surface area contributed by atoms with Gasteiger partial charge in [-0.05, 0) is 43.5 Å². The Bertz CT molecular complexity index is 2480. The number of amides is 2. The van der Waals surface area contributed by atoms with Crippen molar-refractivity contribution in [2.24, 2.45) is 13.0 Å². The van der Waals surface area contributed by atoms with E-state index in [2.05, 4.69) is 18.3 Å². The summed E-state index contributed by atoms with van der Waals surface area (Å²) in [7, 11) is 3.56. The van der Waals surface area contributed by atoms with Gasteiger partial charge < -0.3 is 14.5 Å². The van der Waals surface area contributed by atoms with Crippen LogP contribution in [-0.4, -0.2) is 65.8 Å². The maximum Gasteiger partial charge on any atom is 0.246 e. The van der Waals surface area contributed by atoms with Gasteiger partial charge in [0.2, 0.25) is 11.8 Å². The van der Waals surface area contributed by atoms with Gasteiger partial charge in [-0.25, -0.2) is 13.8 Å². The molecule has 0 spiro atoms. The Morgan fingerprint density at radius 3 is 2.60 bits per heavy atom. The fourth-order valence-electron chi connectivity index (χ4n) is 7.53. The number of ether oxygens (including phenoxy) is 1. The maximum atomic E-state index is 16.5. The lowest BCUT2D eigenvalue weighted by Gasteiger charge is -2.38. The number of aromatic nitrogens is 5. The molecule has 4 aromatic heterocycles. The van der Waals surface area contributed by atoms with Crippen molar-refractivity contribution >= 4 is 44.1 Å². The van der Waals surface area contributed by atoms with E-state index >= 15 is 8.78 Å². The van der Waals surface area contributed by atoms with Crippen LogP contribution in [0.5, 0.6) is 5.75 Å². The zero-order valence-electron chi connectivity index (χ0n) is 29.1. The number of carbonyl (C=O) groups is 2. The summed E-state index contributed by atoms with van der Waals surface area (Å²) in [6.07, 6.45) is 3.43. The maximum absolute atomic E-state index is 16.5. The highest BCUT2D eigenvalue weighted by Crippen LogP contribution is 2.48. The summed E-state index contributed by atoms with van der Waals surface area (Å²) < 4.78 is 42.0. The number of fused-ring (bicyclic) bond motifs is 3. The van der Waals surface area contributed by atoms with Crippen molar-refractivity contribution in [3.05, 3.63) is 96.4 Å². The van der Waals surface area contributed by atoms with E-state index in [9.17, 15) is 9.59 Å². The molecule has 6 aromatic rings. The van der Waals surface area contributed by atoms with Crippen LogP contribution < -0.4 is 4.74 Å². The molecule has 8 rings (SSSR count). The van der Waals surface area contributed by atoms with Crippen LogP contribution >= 0.6 is 11.3 Å². The summed E-state index contributed by atoms with van der Waals surface area (Å²) in [6, 6.07) is 11.2. The number of thiophene rings is 1. The lowest BCUT2D eigenvalue weighted by atomic mass is 9.96. The summed E-state index contributed by atoms with van der Waals surface area (Å²) >= 11 is 1.40. The van der Waals surface area contributed by atoms with Crippen molar-refractivity contribution in [1.82, 2.24) is 34.3 Å². The Kier molecular flexibility index (Phi) is 8.05. The number of halogens is 2. The molecule has 2 aromatic carbocycles. The molecule has 3 atom stereocenters. The van der Waals surface area contributed by atoms with Crippen LogP contribution in [0, 0.1) is 17.6 Å². The fourth-order valence-corrected chi connectivity index (χ4v) is 8.48. The molecule has 1 fully saturated rings. The molecule has 10 nitrogen and oxygen atoms in total. The molecule has 2 aliphatic heterocycles. The summed E-state index contributed by atoms with van der Waals surface area (Å²) in [5, 5.41) is 13.2. The Labute approximate surface area is 302 Å². The Morgan fingerprint density at radius 2 is 1.85 bits per heavy atom. The SMILES string of the molecule is C=CC(=O)N1[C@H](C)c2cc(-c3nc(-c4ccc5cn(C)nc5c4)c4ccsc4c3-c3c(F)cc(F)cc3OC(=C)[C@@H]3CC(=O)N(C)C3)nn2C[C@@H]1C. The van der Waals surface area contributed by atoms with E-state index in [0.29, 0.717) is 40.4 Å². The number of rotatable bonds is 7. The van der Waals surface area contributed by atoms with Gasteiger partial charge >= 0.3 is 0 Å². The first-order chi connectivity index (χ1) is 24.9. The zero-order valence-corrected chi connectivity index (χ0v) is 29.9. The van der Waals surface area contributed by atoms with Crippen LogP contribution in [-0.2, 0) is 23.2 Å². The Balaban J connectivity index is 1.37. The first-order valence-electron chi connectivity index (χ1n) is 16.9. The predicted molar refractivity (Wildman–Crippen MR) is 196 cm³/mol. The molecule has 1 saturated heterocycles. The average molecular weight is 720 g/mol. The van der Waals surface area contributed by atoms with Crippen molar-refractivity contribution < 1.29 is 23.1 Å². The molecular formula is C39H35F2N7O3S. The summed E-state index contributed by atoms with van der Waals surface area (Å²) in [4.78, 5) is 33.8. The average Bonchev–Trinajstić information content (AvgIpc) is 3.90. The molecular weight excluding hydrogens is 685 g/mol. The van der Waals surface area contributed by atoms with Crippen molar-refractivity contribution in [3.8, 4) is 39.5 Å². The number of aryl methyl sites for hydroxylation is 1. The third-order valence-electron chi connectivity index (χ3n) is 10.0. The second-order valence-electron chi connectivity index (χ2n) is 13.5. The number of benzene rings is 2. The molecule has 0 N–H and O–H groups in total. The van der Waals surface area contributed by atoms with E-state index in [1.165, 1.54) is 17.4 Å². The standard InChI is InChI=1S/C39H35F2N7O3S/c1-7-33(49)48-20(2)17-47-31(21(48)3)16-30(44-47)38-36(35-28(41)14-26(40)15-32(35)51-22(4)25-13-34(50)45(5)18-25)39-27(10-11-52-39)37(42-38)23-8-9-24-19-46(6)43-29(24)12-23/h7-12,14-16,19-21,25H,1,4,13,17-18H2,2-3,5-6H3/t20-,21+,25+/m0/s1. The van der Waals surface area contributed by atoms with Gasteiger partial charge in [-0.1, -0.05) is 25.3 Å². The molecule has 0 radical (unpaired) electrons. The Morgan fingerprint density at radius 1 is 1.04 bits per heavy atom. The monoisotopic (exact) mass is 719 g/mol. The molecule has 2 aliphatic rings. The first-order valence-corrected chi connectivity index (χ1v) is 17.8. The third-order valence-corrected chi connectivity index (χ3v) is 11.0. The number of nitrogens with zero attached hydrogens (tertiary/aromatic N) is 7. The highest BCUT2D eigenvalue weighted by atomic mass is 32.1. The van der Waals surface area contributed by atoms with E-state index in [0.717, 1.165) is 39.7 Å². The number of pyridine rings is 1. The highest BCUT2D eigenvalue weighted by Gasteiger charge is 2.35. The van der Waals surface area contributed by atoms with Gasteiger partial charge in [0, 0.05) is 83.9 Å². The van der Waals surface area contributed by atoms with Gasteiger partial charge in [0.25, 0.3) is 0 Å². The van der Waals surface area contributed by atoms with Gasteiger partial charge in [-0.2, -0.15) is 10.2 Å². The van der Waals surface area contributed by atoms with E-state index in [1.54, 1.807) is 21.5 Å². The second-order valence-corrected chi connectivity index (χ2v) is 14.5. The lowest BCUT2D eigenvalue weighted by Crippen LogP contribution is -2.46. The third kappa shape index (κ3) is 5.47. The van der Waals surface area contributed by atoms with Crippen LogP contribution in [0.15, 0.2) is 79.0 Å². The molecule has 2 amide bonds. The first kappa shape index (κ1) is 33.5. The van der Waals surface area contributed by atoms with Crippen molar-refractivity contribution in [2.75, 3.05) is 13.6 Å². The summed E-state index contributed by atoms with van der Waals surface area (Å²) in [6.45, 7) is 12.5. The van der Waals surface area contributed by atoms with Crippen LogP contribution in [0.1, 0.15) is 32.0 Å². The minimum absolute atomic E-state index is 0.00208. The van der Waals surface area contributed by atoms with Gasteiger partial charge in [0.1, 0.15) is 34.5 Å². The minimum Gasteiger partial charge on any atom is -0.461 e. The number of likely N-dealkylation sites (tertiary alicyclic amines) is 1. The number of hydrogen-bond acceptors (Lipinski definition) is 7. The predicted octanol–water partition coefficient (Wildman–Crippen LogP) is 7.51. The van der Waals surface area contributed by atoms with E-state index in [4.69, 9.17) is 14.8 Å². The van der Waals surface area contributed by atoms with E-state index in [1.807, 2.05) is 67.5 Å². The quantitative estimate of drug-likeness (QED) is 0.125. The van der Waals surface area contributed by atoms with Crippen LogP contribution in [0.2, 0.25) is 0 Å². The largest absolute Gasteiger partial charge is 0.461 e. The topological polar surface area (TPSA) is 98.4 Å². The molecule has 0 saturated carbocycles. The fraction of sp³-hybridized carbons (Fsp3) is 0.256. The summed E-state index contributed by atoms with van der Waals surface area (Å²) in [5.74, 6) is -2.14. The molecule has 6 heterocycles. The highest BCUT2D eigenvalue weighted by molar-refractivity contribution is 7.18. The van der Waals surface area contributed by atoms with Crippen molar-refractivity contribution in [3.63, 3.8) is 0 Å². The Hall–Kier alpha value is -5.69. The number of hydrogen-bond donors (Lipinski definition) is 0. The van der Waals surface area contributed by atoms with Gasteiger partial charge in [-0.15, -0.1) is 11.3 Å². The van der Waals surface area contributed by atoms with E-state index in [-0.39, 0.29) is 53.3 Å². The number of carbonyl (C=O) groups excluding carboxylic acids is 2. The van der Waals surface area contributed by atoms with Gasteiger partial charge in [0.15, 0.2) is 0 Å². The summed E-state index contributed by atoms with van der Waals surface area (Å²) in [5.41, 5.74) is 4.18. The molecule has 264 valence electrons. The normalized spacial score (nSPS) is 18.7. The molecule has 0 unspecified atom stereocenters. The molecule has 52 heavy (non-hydrogen) atoms. The molecule has 13 heteroatoms. The van der Waals surface area contributed by atoms with E-state index < -0.39 is 11.6 Å². The van der Waals surface area contributed by atoms with Gasteiger partial charge in [0.05, 0.1) is 35.1 Å². The minimum atomic E-state index is -0.850. The second kappa shape index (κ2) is 12.5. The molecule has 0 aliphatic carbocycles. The van der Waals surface area contributed by atoms with Crippen molar-refractivity contribution in [2.45, 2.75) is 38.9 Å². The zero-order chi connectivity index (χ0) is 36.6. The van der Waals surface area contributed by atoms with Crippen LogP contribution in [0.3, 0.4) is 0 Å². The van der Waals surface area contributed by atoms with Crippen molar-refractivity contribution in [1.29, 1.82) is 0 Å². The van der Waals surface area contributed by atoms with Crippen LogP contribution in [0.4, 0.5) is 8.78 Å². The molecule has 0 bridgehead atoms.